The first-order valence-corrected chi connectivity index (χ1v) is 9.36. The fourth-order valence-corrected chi connectivity index (χ4v) is 3.95. The van der Waals surface area contributed by atoms with Crippen LogP contribution in [-0.2, 0) is 0 Å². The Bertz CT molecular complexity index is 1290. The number of carbonyl (C=O) groups is 1. The maximum Gasteiger partial charge on any atom is 0.297 e. The van der Waals surface area contributed by atoms with E-state index in [9.17, 15) is 9.59 Å². The monoisotopic (exact) mass is 433 g/mol. The minimum atomic E-state index is -0.678. The lowest BCUT2D eigenvalue weighted by atomic mass is 9.99. The van der Waals surface area contributed by atoms with Gasteiger partial charge in [0, 0.05) is 16.9 Å². The highest BCUT2D eigenvalue weighted by Crippen LogP contribution is 2.40. The zero-order valence-electron chi connectivity index (χ0n) is 14.4. The Balaban J connectivity index is 1.84. The molecule has 0 bridgehead atoms. The Hall–Kier alpha value is -3.32. The van der Waals surface area contributed by atoms with Crippen LogP contribution in [-0.4, -0.2) is 15.9 Å². The van der Waals surface area contributed by atoms with Gasteiger partial charge in [0.15, 0.2) is 5.43 Å². The Morgan fingerprint density at radius 2 is 1.75 bits per heavy atom. The van der Waals surface area contributed by atoms with Gasteiger partial charge in [0.25, 0.3) is 5.91 Å². The number of benzene rings is 2. The van der Waals surface area contributed by atoms with Crippen LogP contribution in [0.15, 0.2) is 80.7 Å². The van der Waals surface area contributed by atoms with Gasteiger partial charge in [0.05, 0.1) is 17.0 Å². The van der Waals surface area contributed by atoms with Gasteiger partial charge in [0.1, 0.15) is 5.58 Å². The van der Waals surface area contributed by atoms with Crippen molar-refractivity contribution in [1.29, 1.82) is 0 Å². The second-order valence-electron chi connectivity index (χ2n) is 6.35. The van der Waals surface area contributed by atoms with E-state index in [4.69, 9.17) is 4.42 Å². The molecule has 4 aromatic rings. The van der Waals surface area contributed by atoms with Gasteiger partial charge < -0.3 is 4.42 Å². The molecule has 0 saturated heterocycles. The molecule has 5 rings (SSSR count). The van der Waals surface area contributed by atoms with E-state index in [1.54, 1.807) is 42.7 Å². The minimum Gasteiger partial charge on any atom is -0.450 e. The van der Waals surface area contributed by atoms with E-state index >= 15 is 0 Å². The molecule has 0 fully saturated rings. The Labute approximate surface area is 167 Å². The summed E-state index contributed by atoms with van der Waals surface area (Å²) in [7, 11) is 0. The third-order valence-corrected chi connectivity index (χ3v) is 5.20. The normalized spacial score (nSPS) is 15.8. The molecule has 0 aliphatic carbocycles. The summed E-state index contributed by atoms with van der Waals surface area (Å²) in [4.78, 5) is 36.5. The molecule has 1 atom stereocenters. The second kappa shape index (κ2) is 6.38. The summed E-state index contributed by atoms with van der Waals surface area (Å²) in [6.45, 7) is 0. The van der Waals surface area contributed by atoms with Crippen LogP contribution >= 0.6 is 15.9 Å². The largest absolute Gasteiger partial charge is 0.450 e. The van der Waals surface area contributed by atoms with Crippen molar-refractivity contribution in [3.63, 3.8) is 0 Å². The second-order valence-corrected chi connectivity index (χ2v) is 7.27. The number of halogens is 1. The fraction of sp³-hybridized carbons (Fsp3) is 0.0476. The van der Waals surface area contributed by atoms with Crippen LogP contribution < -0.4 is 10.3 Å². The van der Waals surface area contributed by atoms with Gasteiger partial charge in [-0.25, -0.2) is 9.97 Å². The summed E-state index contributed by atoms with van der Waals surface area (Å²) in [6, 6.07) is 15.4. The van der Waals surface area contributed by atoms with Gasteiger partial charge in [-0.15, -0.1) is 0 Å². The van der Waals surface area contributed by atoms with Crippen molar-refractivity contribution in [1.82, 2.24) is 9.97 Å². The molecule has 1 aliphatic heterocycles. The van der Waals surface area contributed by atoms with Gasteiger partial charge in [-0.1, -0.05) is 40.2 Å². The van der Waals surface area contributed by atoms with E-state index in [0.29, 0.717) is 16.5 Å². The molecule has 136 valence electrons. The molecule has 0 spiro atoms. The van der Waals surface area contributed by atoms with Crippen molar-refractivity contribution in [2.24, 2.45) is 0 Å². The van der Waals surface area contributed by atoms with Gasteiger partial charge >= 0.3 is 0 Å². The first-order valence-electron chi connectivity index (χ1n) is 8.57. The van der Waals surface area contributed by atoms with E-state index in [2.05, 4.69) is 25.9 Å². The van der Waals surface area contributed by atoms with Crippen molar-refractivity contribution >= 4 is 38.8 Å². The van der Waals surface area contributed by atoms with Crippen LogP contribution in [0.1, 0.15) is 27.7 Å². The minimum absolute atomic E-state index is 0.0288. The number of para-hydroxylation sites is 1. The first-order chi connectivity index (χ1) is 13.6. The smallest absolute Gasteiger partial charge is 0.297 e. The van der Waals surface area contributed by atoms with Crippen LogP contribution in [0.2, 0.25) is 0 Å². The van der Waals surface area contributed by atoms with Crippen LogP contribution in [0.4, 0.5) is 5.95 Å². The van der Waals surface area contributed by atoms with Crippen molar-refractivity contribution in [2.45, 2.75) is 6.04 Å². The lowest BCUT2D eigenvalue weighted by Gasteiger charge is -2.23. The summed E-state index contributed by atoms with van der Waals surface area (Å²) >= 11 is 3.46. The molecule has 0 N–H and O–H groups in total. The molecule has 7 heteroatoms. The number of anilines is 1. The highest BCUT2D eigenvalue weighted by atomic mass is 79.9. The molecule has 3 heterocycles. The van der Waals surface area contributed by atoms with Crippen molar-refractivity contribution in [3.8, 4) is 0 Å². The number of fused-ring (bicyclic) bond motifs is 2. The average Bonchev–Trinajstić information content (AvgIpc) is 3.02. The Morgan fingerprint density at radius 3 is 2.54 bits per heavy atom. The lowest BCUT2D eigenvalue weighted by molar-refractivity contribution is 0.0969. The molecule has 1 amide bonds. The molecule has 1 aliphatic rings. The maximum absolute atomic E-state index is 13.3. The summed E-state index contributed by atoms with van der Waals surface area (Å²) in [5, 5.41) is 0.435. The number of amides is 1. The number of hydrogen-bond donors (Lipinski definition) is 0. The SMILES string of the molecule is O=C1c2oc3ccccc3c(=O)c2[C@@H](c2cccc(Br)c2)N1c1ncccn1. The lowest BCUT2D eigenvalue weighted by Crippen LogP contribution is -2.31. The zero-order chi connectivity index (χ0) is 19.3. The molecule has 0 saturated carbocycles. The van der Waals surface area contributed by atoms with Crippen LogP contribution in [0.5, 0.6) is 0 Å². The van der Waals surface area contributed by atoms with Crippen molar-refractivity contribution in [3.05, 3.63) is 98.6 Å². The number of nitrogens with zero attached hydrogens (tertiary/aromatic N) is 3. The number of aromatic nitrogens is 2. The summed E-state index contributed by atoms with van der Waals surface area (Å²) in [6.07, 6.45) is 3.12. The predicted molar refractivity (Wildman–Crippen MR) is 107 cm³/mol. The third kappa shape index (κ3) is 2.47. The molecular weight excluding hydrogens is 422 g/mol. The van der Waals surface area contributed by atoms with Crippen molar-refractivity contribution < 1.29 is 9.21 Å². The van der Waals surface area contributed by atoms with E-state index in [0.717, 1.165) is 10.0 Å². The quantitative estimate of drug-likeness (QED) is 0.475. The fourth-order valence-electron chi connectivity index (χ4n) is 3.53. The third-order valence-electron chi connectivity index (χ3n) is 4.71. The van der Waals surface area contributed by atoms with Crippen LogP contribution in [0, 0.1) is 0 Å². The molecular formula is C21H12BrN3O3. The molecule has 2 aromatic carbocycles. The van der Waals surface area contributed by atoms with E-state index < -0.39 is 11.9 Å². The molecule has 6 nitrogen and oxygen atoms in total. The van der Waals surface area contributed by atoms with E-state index in [1.807, 2.05) is 24.3 Å². The van der Waals surface area contributed by atoms with Gasteiger partial charge in [0.2, 0.25) is 11.7 Å². The number of rotatable bonds is 2. The first kappa shape index (κ1) is 16.8. The molecule has 28 heavy (non-hydrogen) atoms. The highest BCUT2D eigenvalue weighted by molar-refractivity contribution is 9.10. The summed E-state index contributed by atoms with van der Waals surface area (Å²) in [5.41, 5.74) is 1.21. The van der Waals surface area contributed by atoms with Crippen LogP contribution in [0.25, 0.3) is 11.0 Å². The van der Waals surface area contributed by atoms with Gasteiger partial charge in [-0.2, -0.15) is 0 Å². The molecule has 0 unspecified atom stereocenters. The number of carbonyl (C=O) groups excluding carboxylic acids is 1. The Kier molecular flexibility index (Phi) is 3.84. The molecule has 2 aromatic heterocycles. The maximum atomic E-state index is 13.3. The van der Waals surface area contributed by atoms with Gasteiger partial charge in [-0.3, -0.25) is 14.5 Å². The zero-order valence-corrected chi connectivity index (χ0v) is 16.0. The van der Waals surface area contributed by atoms with Crippen molar-refractivity contribution in [2.75, 3.05) is 4.90 Å². The number of hydrogen-bond acceptors (Lipinski definition) is 5. The summed E-state index contributed by atoms with van der Waals surface area (Å²) < 4.78 is 6.71. The summed E-state index contributed by atoms with van der Waals surface area (Å²) in [5.74, 6) is -0.192. The standard InChI is InChI=1S/C21H12BrN3O3/c22-13-6-3-5-12(11-13)17-16-18(26)14-7-1-2-8-15(14)28-19(16)20(27)25(17)21-23-9-4-10-24-21/h1-11,17H/t17-/m1/s1. The average molecular weight is 434 g/mol. The molecule has 0 radical (unpaired) electrons. The predicted octanol–water partition coefficient (Wildman–Crippen LogP) is 4.10. The highest BCUT2D eigenvalue weighted by Gasteiger charge is 2.44. The van der Waals surface area contributed by atoms with E-state index in [-0.39, 0.29) is 17.1 Å². The Morgan fingerprint density at radius 1 is 0.964 bits per heavy atom. The van der Waals surface area contributed by atoms with Crippen LogP contribution in [0.3, 0.4) is 0 Å². The van der Waals surface area contributed by atoms with E-state index in [1.165, 1.54) is 4.90 Å². The topological polar surface area (TPSA) is 76.3 Å². The van der Waals surface area contributed by atoms with Gasteiger partial charge in [-0.05, 0) is 35.9 Å².